The van der Waals surface area contributed by atoms with Crippen molar-refractivity contribution in [1.29, 1.82) is 0 Å². The van der Waals surface area contributed by atoms with Crippen LogP contribution in [0.5, 0.6) is 5.75 Å². The Hall–Kier alpha value is -3.53. The zero-order valence-corrected chi connectivity index (χ0v) is 23.9. The second kappa shape index (κ2) is 11.3. The lowest BCUT2D eigenvalue weighted by Crippen LogP contribution is -2.35. The van der Waals surface area contributed by atoms with E-state index in [-0.39, 0.29) is 23.5 Å². The van der Waals surface area contributed by atoms with Crippen molar-refractivity contribution in [3.63, 3.8) is 0 Å². The Kier molecular flexibility index (Phi) is 7.34. The summed E-state index contributed by atoms with van der Waals surface area (Å²) in [6.07, 6.45) is 3.79. The molecule has 7 rings (SSSR count). The number of likely N-dealkylation sites (tertiary alicyclic amines) is 1. The summed E-state index contributed by atoms with van der Waals surface area (Å²) in [7, 11) is 0. The number of halogens is 2. The van der Waals surface area contributed by atoms with Crippen LogP contribution >= 0.6 is 11.6 Å². The summed E-state index contributed by atoms with van der Waals surface area (Å²) in [5.74, 6) is 0.781. The Labute approximate surface area is 248 Å². The number of fused-ring (bicyclic) bond motifs is 2. The number of hydrogen-bond donors (Lipinski definition) is 1. The maximum Gasteiger partial charge on any atom is 0.354 e. The molecule has 42 heavy (non-hydrogen) atoms. The van der Waals surface area contributed by atoms with E-state index in [4.69, 9.17) is 26.1 Å². The number of nitrogens with zero attached hydrogens (tertiary/aromatic N) is 4. The first-order chi connectivity index (χ1) is 20.4. The van der Waals surface area contributed by atoms with Gasteiger partial charge in [-0.05, 0) is 91.7 Å². The number of rotatable bonds is 7. The molecule has 3 aliphatic rings. The van der Waals surface area contributed by atoms with Crippen LogP contribution in [-0.4, -0.2) is 62.9 Å². The quantitative estimate of drug-likeness (QED) is 0.290. The first-order valence-electron chi connectivity index (χ1n) is 14.6. The predicted molar refractivity (Wildman–Crippen MR) is 156 cm³/mol. The first-order valence-corrected chi connectivity index (χ1v) is 14.9. The fraction of sp³-hybridized carbons (Fsp3) is 0.406. The summed E-state index contributed by atoms with van der Waals surface area (Å²) in [6.45, 7) is 4.28. The molecule has 2 saturated heterocycles. The normalized spacial score (nSPS) is 21.1. The fourth-order valence-electron chi connectivity index (χ4n) is 6.56. The molecule has 0 spiro atoms. The highest BCUT2D eigenvalue weighted by Crippen LogP contribution is 2.41. The monoisotopic (exact) mass is 590 g/mol. The third-order valence-corrected chi connectivity index (χ3v) is 9.16. The molecule has 2 aromatic heterocycles. The lowest BCUT2D eigenvalue weighted by Gasteiger charge is -2.35. The molecule has 1 N–H and O–H groups in total. The number of hydrogen-bond acceptors (Lipinski definition) is 6. The van der Waals surface area contributed by atoms with Crippen molar-refractivity contribution in [2.45, 2.75) is 56.7 Å². The maximum absolute atomic E-state index is 14.7. The third kappa shape index (κ3) is 5.25. The van der Waals surface area contributed by atoms with Gasteiger partial charge in [0.05, 0.1) is 25.8 Å². The Morgan fingerprint density at radius 2 is 1.88 bits per heavy atom. The van der Waals surface area contributed by atoms with Crippen LogP contribution in [0.25, 0.3) is 11.2 Å². The van der Waals surface area contributed by atoms with E-state index in [1.54, 1.807) is 18.2 Å². The van der Waals surface area contributed by atoms with Gasteiger partial charge in [0.2, 0.25) is 0 Å². The number of imidazole rings is 1. The topological polar surface area (TPSA) is 89.7 Å². The average molecular weight is 591 g/mol. The number of carboxylic acids is 1. The fourth-order valence-corrected chi connectivity index (χ4v) is 6.72. The number of ether oxygens (including phenoxy) is 2. The second-order valence-electron chi connectivity index (χ2n) is 11.5. The van der Waals surface area contributed by atoms with Crippen molar-refractivity contribution < 1.29 is 23.8 Å². The van der Waals surface area contributed by atoms with Gasteiger partial charge in [0.15, 0.2) is 11.3 Å². The minimum absolute atomic E-state index is 0.0155. The van der Waals surface area contributed by atoms with Crippen molar-refractivity contribution >= 4 is 28.7 Å². The SMILES string of the molecule is O=C(O)c1ccc2nc(CN3CCC(c4cccc5c4CC(c4ccc(Cl)cc4F)CO5)CC3)n(C[C@@H]3CCO3)c2n1. The molecule has 4 aromatic rings. The number of carboxylic acid groups (broad SMARTS) is 1. The van der Waals surface area contributed by atoms with Gasteiger partial charge in [-0.3, -0.25) is 4.90 Å². The molecule has 0 bridgehead atoms. The Bertz CT molecular complexity index is 1650. The van der Waals surface area contributed by atoms with Gasteiger partial charge in [-0.1, -0.05) is 29.8 Å². The van der Waals surface area contributed by atoms with E-state index in [0.29, 0.717) is 47.4 Å². The smallest absolute Gasteiger partial charge is 0.354 e. The third-order valence-electron chi connectivity index (χ3n) is 8.92. The van der Waals surface area contributed by atoms with E-state index in [2.05, 4.69) is 22.0 Å². The molecule has 10 heteroatoms. The number of aromatic carboxylic acids is 1. The molecule has 2 fully saturated rings. The van der Waals surface area contributed by atoms with E-state index in [1.165, 1.54) is 23.3 Å². The molecular weight excluding hydrogens is 559 g/mol. The van der Waals surface area contributed by atoms with Gasteiger partial charge in [0.1, 0.15) is 22.9 Å². The lowest BCUT2D eigenvalue weighted by atomic mass is 9.81. The largest absolute Gasteiger partial charge is 0.493 e. The van der Waals surface area contributed by atoms with Crippen molar-refractivity contribution in [1.82, 2.24) is 19.4 Å². The van der Waals surface area contributed by atoms with Crippen LogP contribution in [0.3, 0.4) is 0 Å². The van der Waals surface area contributed by atoms with E-state index < -0.39 is 5.97 Å². The average Bonchev–Trinajstić information content (AvgIpc) is 3.30. The van der Waals surface area contributed by atoms with Crippen molar-refractivity contribution in [2.75, 3.05) is 26.3 Å². The van der Waals surface area contributed by atoms with Crippen LogP contribution in [0.2, 0.25) is 5.02 Å². The molecule has 1 unspecified atom stereocenters. The highest BCUT2D eigenvalue weighted by atomic mass is 35.5. The molecule has 2 aromatic carbocycles. The Morgan fingerprint density at radius 1 is 1.05 bits per heavy atom. The Balaban J connectivity index is 1.07. The van der Waals surface area contributed by atoms with E-state index >= 15 is 0 Å². The highest BCUT2D eigenvalue weighted by Gasteiger charge is 2.30. The molecular formula is C32H32ClFN4O4. The van der Waals surface area contributed by atoms with Crippen LogP contribution in [-0.2, 0) is 24.2 Å². The van der Waals surface area contributed by atoms with Crippen LogP contribution < -0.4 is 4.74 Å². The standard InChI is InChI=1S/C32H32ClFN4O4/c33-21-4-5-24(26(34)15-21)20-14-25-23(2-1-3-29(25)42-18-20)19-8-11-37(12-9-19)17-30-35-27-6-7-28(32(39)40)36-31(27)38(30)16-22-10-13-41-22/h1-7,15,19-20,22H,8-14,16-18H2,(H,39,40)/t20?,22-/m0/s1. The number of pyridine rings is 1. The highest BCUT2D eigenvalue weighted by molar-refractivity contribution is 6.30. The summed E-state index contributed by atoms with van der Waals surface area (Å²) >= 11 is 5.99. The molecule has 0 radical (unpaired) electrons. The van der Waals surface area contributed by atoms with Gasteiger partial charge in [-0.2, -0.15) is 0 Å². The van der Waals surface area contributed by atoms with E-state index in [1.807, 2.05) is 10.6 Å². The summed E-state index contributed by atoms with van der Waals surface area (Å²) in [5, 5.41) is 9.87. The van der Waals surface area contributed by atoms with Gasteiger partial charge in [-0.15, -0.1) is 0 Å². The minimum Gasteiger partial charge on any atom is -0.493 e. The molecule has 218 valence electrons. The molecule has 5 heterocycles. The maximum atomic E-state index is 14.7. The number of carbonyl (C=O) groups is 1. The predicted octanol–water partition coefficient (Wildman–Crippen LogP) is 5.81. The molecule has 8 nitrogen and oxygen atoms in total. The van der Waals surface area contributed by atoms with E-state index in [0.717, 1.165) is 57.0 Å². The zero-order valence-electron chi connectivity index (χ0n) is 23.1. The summed E-state index contributed by atoms with van der Waals surface area (Å²) < 4.78 is 28.6. The van der Waals surface area contributed by atoms with Gasteiger partial charge < -0.3 is 19.1 Å². The lowest BCUT2D eigenvalue weighted by molar-refractivity contribution is -0.0593. The van der Waals surface area contributed by atoms with Crippen molar-refractivity contribution in [3.8, 4) is 5.75 Å². The van der Waals surface area contributed by atoms with Gasteiger partial charge in [-0.25, -0.2) is 19.2 Å². The molecule has 0 saturated carbocycles. The number of benzene rings is 2. The Morgan fingerprint density at radius 3 is 2.62 bits per heavy atom. The summed E-state index contributed by atoms with van der Waals surface area (Å²) in [6, 6.07) is 14.4. The van der Waals surface area contributed by atoms with E-state index in [9.17, 15) is 14.3 Å². The van der Waals surface area contributed by atoms with Gasteiger partial charge in [0.25, 0.3) is 0 Å². The van der Waals surface area contributed by atoms with Crippen molar-refractivity contribution in [2.24, 2.45) is 0 Å². The van der Waals surface area contributed by atoms with Crippen LogP contribution in [0.4, 0.5) is 4.39 Å². The molecule has 3 aliphatic heterocycles. The second-order valence-corrected chi connectivity index (χ2v) is 12.0. The summed E-state index contributed by atoms with van der Waals surface area (Å²) in [4.78, 5) is 23.3. The number of piperidine rings is 1. The molecule has 2 atom stereocenters. The molecule has 0 aliphatic carbocycles. The van der Waals surface area contributed by atoms with Gasteiger partial charge >= 0.3 is 5.97 Å². The minimum atomic E-state index is -1.05. The van der Waals surface area contributed by atoms with Crippen LogP contribution in [0.1, 0.15) is 64.1 Å². The summed E-state index contributed by atoms with van der Waals surface area (Å²) in [5.41, 5.74) is 4.44. The zero-order chi connectivity index (χ0) is 28.8. The number of aromatic nitrogens is 3. The molecule has 0 amide bonds. The first kappa shape index (κ1) is 27.3. The van der Waals surface area contributed by atoms with Crippen molar-refractivity contribution in [3.05, 3.63) is 87.6 Å². The van der Waals surface area contributed by atoms with Crippen LogP contribution in [0.15, 0.2) is 48.5 Å². The van der Waals surface area contributed by atoms with Gasteiger partial charge in [0, 0.05) is 17.5 Å². The van der Waals surface area contributed by atoms with Crippen LogP contribution in [0, 0.1) is 5.82 Å².